The molecule has 0 saturated carbocycles. The van der Waals surface area contributed by atoms with E-state index in [2.05, 4.69) is 27.1 Å². The van der Waals surface area contributed by atoms with Crippen LogP contribution in [0.4, 0.5) is 0 Å². The minimum Gasteiger partial charge on any atom is -0.476 e. The normalized spacial score (nSPS) is 11.2. The predicted molar refractivity (Wildman–Crippen MR) is 102 cm³/mol. The summed E-state index contributed by atoms with van der Waals surface area (Å²) in [7, 11) is 4.02. The Morgan fingerprint density at radius 3 is 2.91 bits per heavy atom. The van der Waals surface area contributed by atoms with E-state index in [0.29, 0.717) is 25.0 Å². The maximum absolute atomic E-state index is 5.80. The zero-order valence-corrected chi connectivity index (χ0v) is 16.0. The number of pyridine rings is 1. The topological polar surface area (TPSA) is 75.8 Å². The molecule has 0 unspecified atom stereocenters. The van der Waals surface area contributed by atoms with Crippen molar-refractivity contribution in [2.24, 2.45) is 10.7 Å². The van der Waals surface area contributed by atoms with Gasteiger partial charge in [0, 0.05) is 25.4 Å². The van der Waals surface area contributed by atoms with Gasteiger partial charge in [-0.2, -0.15) is 0 Å². The van der Waals surface area contributed by atoms with Crippen LogP contribution in [0.3, 0.4) is 0 Å². The van der Waals surface area contributed by atoms with Gasteiger partial charge >= 0.3 is 0 Å². The van der Waals surface area contributed by atoms with Gasteiger partial charge in [-0.15, -0.1) is 24.0 Å². The lowest BCUT2D eigenvalue weighted by Crippen LogP contribution is -2.32. The van der Waals surface area contributed by atoms with Crippen molar-refractivity contribution in [1.29, 1.82) is 0 Å². The number of nitrogens with zero attached hydrogens (tertiary/aromatic N) is 3. The molecule has 0 aromatic carbocycles. The molecule has 7 heteroatoms. The molecule has 0 amide bonds. The molecule has 1 aromatic rings. The molecule has 0 bridgehead atoms. The van der Waals surface area contributed by atoms with E-state index in [0.717, 1.165) is 31.5 Å². The number of ether oxygens (including phenoxy) is 1. The van der Waals surface area contributed by atoms with Gasteiger partial charge < -0.3 is 20.7 Å². The van der Waals surface area contributed by atoms with Crippen LogP contribution >= 0.6 is 24.0 Å². The second kappa shape index (κ2) is 12.5. The van der Waals surface area contributed by atoms with E-state index in [-0.39, 0.29) is 24.0 Å². The lowest BCUT2D eigenvalue weighted by atomic mass is 10.3. The van der Waals surface area contributed by atoms with E-state index in [1.807, 2.05) is 26.2 Å². The van der Waals surface area contributed by atoms with E-state index in [9.17, 15) is 0 Å². The van der Waals surface area contributed by atoms with Crippen molar-refractivity contribution in [1.82, 2.24) is 15.2 Å². The monoisotopic (exact) mass is 421 g/mol. The minimum atomic E-state index is 0. The Balaban J connectivity index is 0.00000441. The van der Waals surface area contributed by atoms with E-state index in [1.54, 1.807) is 6.20 Å². The molecule has 0 atom stereocenters. The number of rotatable bonds is 9. The van der Waals surface area contributed by atoms with Crippen molar-refractivity contribution >= 4 is 29.9 Å². The first-order valence-electron chi connectivity index (χ1n) is 7.38. The molecular weight excluding hydrogens is 393 g/mol. The van der Waals surface area contributed by atoms with Crippen LogP contribution in [0.25, 0.3) is 0 Å². The summed E-state index contributed by atoms with van der Waals surface area (Å²) in [6, 6.07) is 3.82. The third-order valence-corrected chi connectivity index (χ3v) is 2.86. The second-order valence-electron chi connectivity index (χ2n) is 5.14. The standard InChI is InChI=1S/C15H27N5O.HI/c1-4-5-7-18-15(16)19-12-13-6-8-17-14(11-13)21-10-9-20(2)3;/h6,8,11H,4-5,7,9-10,12H2,1-3H3,(H3,16,18,19);1H. The summed E-state index contributed by atoms with van der Waals surface area (Å²) in [6.07, 6.45) is 3.96. The highest BCUT2D eigenvalue weighted by Crippen LogP contribution is 2.10. The highest BCUT2D eigenvalue weighted by Gasteiger charge is 1.99. The summed E-state index contributed by atoms with van der Waals surface area (Å²) in [6.45, 7) is 5.01. The summed E-state index contributed by atoms with van der Waals surface area (Å²) in [5, 5.41) is 3.09. The lowest BCUT2D eigenvalue weighted by molar-refractivity contribution is 0.253. The number of guanidine groups is 1. The zero-order valence-electron chi connectivity index (χ0n) is 13.7. The Morgan fingerprint density at radius 2 is 2.23 bits per heavy atom. The van der Waals surface area contributed by atoms with Gasteiger partial charge in [-0.25, -0.2) is 9.98 Å². The maximum atomic E-state index is 5.80. The fourth-order valence-electron chi connectivity index (χ4n) is 1.59. The molecule has 0 aliphatic heterocycles. The fraction of sp³-hybridized carbons (Fsp3) is 0.600. The molecule has 1 rings (SSSR count). The van der Waals surface area contributed by atoms with Crippen LogP contribution in [0.5, 0.6) is 5.88 Å². The van der Waals surface area contributed by atoms with Gasteiger partial charge in [-0.05, 0) is 32.1 Å². The van der Waals surface area contributed by atoms with Gasteiger partial charge in [-0.3, -0.25) is 0 Å². The van der Waals surface area contributed by atoms with Crippen LogP contribution in [0.1, 0.15) is 25.3 Å². The molecular formula is C15H28IN5O. The molecule has 0 radical (unpaired) electrons. The van der Waals surface area contributed by atoms with Gasteiger partial charge in [0.05, 0.1) is 6.54 Å². The quantitative estimate of drug-likeness (QED) is 0.276. The first-order chi connectivity index (χ1) is 10.1. The summed E-state index contributed by atoms with van der Waals surface area (Å²) in [4.78, 5) is 10.6. The number of hydrogen-bond acceptors (Lipinski definition) is 4. The van der Waals surface area contributed by atoms with Gasteiger partial charge in [0.15, 0.2) is 5.96 Å². The van der Waals surface area contributed by atoms with Crippen molar-refractivity contribution in [3.63, 3.8) is 0 Å². The molecule has 0 spiro atoms. The molecule has 1 heterocycles. The van der Waals surface area contributed by atoms with Gasteiger partial charge in [0.1, 0.15) is 6.61 Å². The van der Waals surface area contributed by atoms with E-state index in [1.165, 1.54) is 0 Å². The zero-order chi connectivity index (χ0) is 15.5. The Hall–Kier alpha value is -1.09. The average Bonchev–Trinajstić information content (AvgIpc) is 2.45. The van der Waals surface area contributed by atoms with Gasteiger partial charge in [-0.1, -0.05) is 13.3 Å². The van der Waals surface area contributed by atoms with Crippen LogP contribution in [0, 0.1) is 0 Å². The predicted octanol–water partition coefficient (Wildman–Crippen LogP) is 1.84. The van der Waals surface area contributed by atoms with Crippen molar-refractivity contribution in [2.75, 3.05) is 33.8 Å². The fourth-order valence-corrected chi connectivity index (χ4v) is 1.59. The van der Waals surface area contributed by atoms with E-state index < -0.39 is 0 Å². The average molecular weight is 421 g/mol. The van der Waals surface area contributed by atoms with Crippen molar-refractivity contribution in [3.8, 4) is 5.88 Å². The number of hydrogen-bond donors (Lipinski definition) is 2. The molecule has 0 aliphatic rings. The first kappa shape index (κ1) is 20.9. The molecule has 1 aromatic heterocycles. The molecule has 3 N–H and O–H groups in total. The maximum Gasteiger partial charge on any atom is 0.213 e. The number of unbranched alkanes of at least 4 members (excludes halogenated alkanes) is 1. The third kappa shape index (κ3) is 9.78. The molecule has 0 fully saturated rings. The Labute approximate surface area is 150 Å². The van der Waals surface area contributed by atoms with Crippen molar-refractivity contribution in [2.45, 2.75) is 26.3 Å². The van der Waals surface area contributed by atoms with Crippen LogP contribution < -0.4 is 15.8 Å². The second-order valence-corrected chi connectivity index (χ2v) is 5.14. The van der Waals surface area contributed by atoms with E-state index >= 15 is 0 Å². The third-order valence-electron chi connectivity index (χ3n) is 2.86. The summed E-state index contributed by atoms with van der Waals surface area (Å²) in [5.74, 6) is 1.11. The van der Waals surface area contributed by atoms with Crippen molar-refractivity contribution < 1.29 is 4.74 Å². The molecule has 126 valence electrons. The van der Waals surface area contributed by atoms with Crippen LogP contribution in [0.2, 0.25) is 0 Å². The Morgan fingerprint density at radius 1 is 1.45 bits per heavy atom. The molecule has 0 saturated heterocycles. The lowest BCUT2D eigenvalue weighted by Gasteiger charge is -2.10. The van der Waals surface area contributed by atoms with E-state index in [4.69, 9.17) is 10.5 Å². The number of aromatic nitrogens is 1. The first-order valence-corrected chi connectivity index (χ1v) is 7.38. The number of halogens is 1. The van der Waals surface area contributed by atoms with Crippen LogP contribution in [0.15, 0.2) is 23.3 Å². The largest absolute Gasteiger partial charge is 0.476 e. The summed E-state index contributed by atoms with van der Waals surface area (Å²) < 4.78 is 5.60. The highest BCUT2D eigenvalue weighted by atomic mass is 127. The Kier molecular flexibility index (Phi) is 11.8. The summed E-state index contributed by atoms with van der Waals surface area (Å²) >= 11 is 0. The van der Waals surface area contributed by atoms with Crippen LogP contribution in [-0.2, 0) is 6.54 Å². The number of aliphatic imine (C=N–C) groups is 1. The van der Waals surface area contributed by atoms with Gasteiger partial charge in [0.25, 0.3) is 0 Å². The molecule has 22 heavy (non-hydrogen) atoms. The SMILES string of the molecule is CCCCNC(N)=NCc1ccnc(OCCN(C)C)c1.I. The number of likely N-dealkylation sites (N-methyl/N-ethyl adjacent to an activating group) is 1. The Bertz CT molecular complexity index is 440. The number of nitrogens with one attached hydrogen (secondary N) is 1. The smallest absolute Gasteiger partial charge is 0.213 e. The van der Waals surface area contributed by atoms with Gasteiger partial charge in [0.2, 0.25) is 5.88 Å². The molecule has 6 nitrogen and oxygen atoms in total. The van der Waals surface area contributed by atoms with Crippen LogP contribution in [-0.4, -0.2) is 49.6 Å². The summed E-state index contributed by atoms with van der Waals surface area (Å²) in [5.41, 5.74) is 6.83. The minimum absolute atomic E-state index is 0. The molecule has 0 aliphatic carbocycles. The number of nitrogens with two attached hydrogens (primary N) is 1. The van der Waals surface area contributed by atoms with Crippen molar-refractivity contribution in [3.05, 3.63) is 23.9 Å². The highest BCUT2D eigenvalue weighted by molar-refractivity contribution is 14.0.